The van der Waals surface area contributed by atoms with Crippen molar-refractivity contribution in [1.29, 1.82) is 0 Å². The van der Waals surface area contributed by atoms with Crippen LogP contribution in [0.1, 0.15) is 24.0 Å². The molecule has 38 heavy (non-hydrogen) atoms. The van der Waals surface area contributed by atoms with Crippen LogP contribution in [0.5, 0.6) is 0 Å². The first-order chi connectivity index (χ1) is 18.1. The van der Waals surface area contributed by atoms with Gasteiger partial charge in [-0.1, -0.05) is 65.7 Å². The third kappa shape index (κ3) is 8.48. The quantitative estimate of drug-likeness (QED) is 0.332. The number of hydrogen-bond donors (Lipinski definition) is 1. The Morgan fingerprint density at radius 2 is 1.45 bits per heavy atom. The first kappa shape index (κ1) is 29.5. The largest absolute Gasteiger partial charge is 0.357 e. The van der Waals surface area contributed by atoms with E-state index in [1.54, 1.807) is 48.3 Å². The summed E-state index contributed by atoms with van der Waals surface area (Å²) in [5.41, 5.74) is 2.21. The van der Waals surface area contributed by atoms with Crippen LogP contribution < -0.4 is 9.62 Å². The third-order valence-corrected chi connectivity index (χ3v) is 7.75. The molecule has 2 amide bonds. The zero-order chi connectivity index (χ0) is 27.7. The van der Waals surface area contributed by atoms with E-state index in [4.69, 9.17) is 23.2 Å². The van der Waals surface area contributed by atoms with Gasteiger partial charge in [-0.3, -0.25) is 13.9 Å². The maximum absolute atomic E-state index is 13.6. The minimum Gasteiger partial charge on any atom is -0.357 e. The molecule has 0 spiro atoms. The molecule has 1 unspecified atom stereocenters. The number of nitrogens with zero attached hydrogens (tertiary/aromatic N) is 2. The van der Waals surface area contributed by atoms with Crippen LogP contribution in [0.3, 0.4) is 0 Å². The molecule has 0 aliphatic rings. The van der Waals surface area contributed by atoms with Crippen LogP contribution in [0.15, 0.2) is 78.9 Å². The van der Waals surface area contributed by atoms with Crippen molar-refractivity contribution >= 4 is 50.7 Å². The van der Waals surface area contributed by atoms with Crippen molar-refractivity contribution in [3.05, 3.63) is 100 Å². The molecule has 10 heteroatoms. The SMILES string of the molecule is CNC(=O)C(Cc1ccccc1)N(Cc1ccc(Cl)cc1)C(=O)CCCN(c1ccc(Cl)cc1)S(C)(=O)=O. The number of sulfonamides is 1. The lowest BCUT2D eigenvalue weighted by molar-refractivity contribution is -0.141. The molecule has 3 aromatic rings. The number of anilines is 1. The molecule has 0 aromatic heterocycles. The normalized spacial score (nSPS) is 12.0. The van der Waals surface area contributed by atoms with E-state index in [0.717, 1.165) is 17.4 Å². The number of carbonyl (C=O) groups excluding carboxylic acids is 2. The fraction of sp³-hybridized carbons (Fsp3) is 0.286. The van der Waals surface area contributed by atoms with Crippen molar-refractivity contribution in [2.45, 2.75) is 31.8 Å². The predicted octanol–water partition coefficient (Wildman–Crippen LogP) is 4.93. The molecular weight excluding hydrogens is 545 g/mol. The molecule has 3 aromatic carbocycles. The Morgan fingerprint density at radius 3 is 2.00 bits per heavy atom. The summed E-state index contributed by atoms with van der Waals surface area (Å²) < 4.78 is 26.2. The molecule has 1 atom stereocenters. The van der Waals surface area contributed by atoms with Gasteiger partial charge in [-0.05, 0) is 53.9 Å². The molecule has 0 fully saturated rings. The molecule has 0 bridgehead atoms. The Balaban J connectivity index is 1.83. The Kier molecular flexibility index (Phi) is 10.6. The highest BCUT2D eigenvalue weighted by Gasteiger charge is 2.30. The number of carbonyl (C=O) groups is 2. The van der Waals surface area contributed by atoms with Crippen LogP contribution in [0.25, 0.3) is 0 Å². The fourth-order valence-electron chi connectivity index (χ4n) is 4.12. The van der Waals surface area contributed by atoms with Gasteiger partial charge in [0.15, 0.2) is 0 Å². The van der Waals surface area contributed by atoms with Gasteiger partial charge in [0.2, 0.25) is 21.8 Å². The van der Waals surface area contributed by atoms with Gasteiger partial charge < -0.3 is 10.2 Å². The Morgan fingerprint density at radius 1 is 0.868 bits per heavy atom. The van der Waals surface area contributed by atoms with E-state index in [1.807, 2.05) is 42.5 Å². The second-order valence-corrected chi connectivity index (χ2v) is 11.7. The highest BCUT2D eigenvalue weighted by molar-refractivity contribution is 7.92. The molecule has 0 radical (unpaired) electrons. The number of likely N-dealkylation sites (N-methyl/N-ethyl adjacent to an activating group) is 1. The molecule has 3 rings (SSSR count). The predicted molar refractivity (Wildman–Crippen MR) is 153 cm³/mol. The van der Waals surface area contributed by atoms with E-state index >= 15 is 0 Å². The molecule has 1 N–H and O–H groups in total. The summed E-state index contributed by atoms with van der Waals surface area (Å²) >= 11 is 12.0. The summed E-state index contributed by atoms with van der Waals surface area (Å²) in [5, 5.41) is 3.75. The molecule has 0 aliphatic carbocycles. The van der Waals surface area contributed by atoms with Crippen molar-refractivity contribution in [1.82, 2.24) is 10.2 Å². The summed E-state index contributed by atoms with van der Waals surface area (Å²) in [6.45, 7) is 0.304. The highest BCUT2D eigenvalue weighted by Crippen LogP contribution is 2.22. The van der Waals surface area contributed by atoms with E-state index in [1.165, 1.54) is 4.31 Å². The van der Waals surface area contributed by atoms with Gasteiger partial charge in [0, 0.05) is 43.0 Å². The standard InChI is InChI=1S/C28H31Cl2N3O4S/c1-31-28(35)26(19-21-7-4-3-5-8-21)32(20-22-10-12-23(29)13-11-22)27(34)9-6-18-33(38(2,36)37)25-16-14-24(30)15-17-25/h3-5,7-8,10-17,26H,6,9,18-20H2,1-2H3,(H,31,35). The average molecular weight is 577 g/mol. The van der Waals surface area contributed by atoms with Crippen LogP contribution in [0.4, 0.5) is 5.69 Å². The summed E-state index contributed by atoms with van der Waals surface area (Å²) in [5.74, 6) is -0.538. The van der Waals surface area contributed by atoms with Crippen LogP contribution >= 0.6 is 23.2 Å². The minimum atomic E-state index is -3.59. The van der Waals surface area contributed by atoms with E-state index in [2.05, 4.69) is 5.32 Å². The molecule has 7 nitrogen and oxygen atoms in total. The average Bonchev–Trinajstić information content (AvgIpc) is 2.89. The lowest BCUT2D eigenvalue weighted by atomic mass is 10.0. The van der Waals surface area contributed by atoms with Gasteiger partial charge >= 0.3 is 0 Å². The number of nitrogens with one attached hydrogen (secondary N) is 1. The van der Waals surface area contributed by atoms with Crippen molar-refractivity contribution in [2.24, 2.45) is 0 Å². The van der Waals surface area contributed by atoms with Crippen molar-refractivity contribution in [3.63, 3.8) is 0 Å². The van der Waals surface area contributed by atoms with Crippen LogP contribution in [-0.4, -0.2) is 51.0 Å². The van der Waals surface area contributed by atoms with Crippen LogP contribution in [-0.2, 0) is 32.6 Å². The van der Waals surface area contributed by atoms with E-state index in [9.17, 15) is 18.0 Å². The van der Waals surface area contributed by atoms with Crippen LogP contribution in [0, 0.1) is 0 Å². The van der Waals surface area contributed by atoms with E-state index < -0.39 is 16.1 Å². The van der Waals surface area contributed by atoms with Gasteiger partial charge in [0.05, 0.1) is 11.9 Å². The first-order valence-corrected chi connectivity index (χ1v) is 14.7. The zero-order valence-electron chi connectivity index (χ0n) is 21.3. The second-order valence-electron chi connectivity index (χ2n) is 8.88. The van der Waals surface area contributed by atoms with Gasteiger partial charge in [-0.15, -0.1) is 0 Å². The minimum absolute atomic E-state index is 0.0511. The number of amides is 2. The van der Waals surface area contributed by atoms with Crippen molar-refractivity contribution in [3.8, 4) is 0 Å². The highest BCUT2D eigenvalue weighted by atomic mass is 35.5. The summed E-state index contributed by atoms with van der Waals surface area (Å²) in [6, 6.07) is 22.3. The van der Waals surface area contributed by atoms with Gasteiger partial charge in [-0.2, -0.15) is 0 Å². The number of rotatable bonds is 12. The Bertz CT molecular complexity index is 1320. The van der Waals surface area contributed by atoms with Crippen molar-refractivity contribution < 1.29 is 18.0 Å². The second kappa shape index (κ2) is 13.6. The number of benzene rings is 3. The topological polar surface area (TPSA) is 86.8 Å². The number of hydrogen-bond acceptors (Lipinski definition) is 4. The molecular formula is C28H31Cl2N3O4S. The monoisotopic (exact) mass is 575 g/mol. The third-order valence-electron chi connectivity index (χ3n) is 6.05. The lowest BCUT2D eigenvalue weighted by Crippen LogP contribution is -2.49. The summed E-state index contributed by atoms with van der Waals surface area (Å²) in [6.07, 6.45) is 1.77. The fourth-order valence-corrected chi connectivity index (χ4v) is 5.34. The van der Waals surface area contributed by atoms with Crippen LogP contribution in [0.2, 0.25) is 10.0 Å². The van der Waals surface area contributed by atoms with E-state index in [-0.39, 0.29) is 37.7 Å². The molecule has 0 aliphatic heterocycles. The van der Waals surface area contributed by atoms with Gasteiger partial charge in [0.25, 0.3) is 0 Å². The van der Waals surface area contributed by atoms with Crippen molar-refractivity contribution in [2.75, 3.05) is 24.2 Å². The molecule has 0 saturated carbocycles. The van der Waals surface area contributed by atoms with Gasteiger partial charge in [-0.25, -0.2) is 8.42 Å². The van der Waals surface area contributed by atoms with Gasteiger partial charge in [0.1, 0.15) is 6.04 Å². The maximum Gasteiger partial charge on any atom is 0.242 e. The summed E-state index contributed by atoms with van der Waals surface area (Å²) in [7, 11) is -2.04. The lowest BCUT2D eigenvalue weighted by Gasteiger charge is -2.31. The first-order valence-electron chi connectivity index (χ1n) is 12.1. The maximum atomic E-state index is 13.6. The van der Waals surface area contributed by atoms with E-state index in [0.29, 0.717) is 22.2 Å². The smallest absolute Gasteiger partial charge is 0.242 e. The Hall–Kier alpha value is -3.07. The zero-order valence-corrected chi connectivity index (χ0v) is 23.6. The molecule has 202 valence electrons. The summed E-state index contributed by atoms with van der Waals surface area (Å²) in [4.78, 5) is 28.2. The Labute approximate surface area is 234 Å². The molecule has 0 heterocycles. The number of halogens is 2. The molecule has 0 saturated heterocycles.